The molecule has 0 saturated heterocycles. The average molecular weight is 238 g/mol. The first kappa shape index (κ1) is 12.1. The highest BCUT2D eigenvalue weighted by molar-refractivity contribution is 5.94. The molecule has 0 saturated carbocycles. The molecule has 0 aliphatic carbocycles. The van der Waals surface area contributed by atoms with E-state index in [9.17, 15) is 4.79 Å². The molecule has 2 nitrogen and oxygen atoms in total. The highest BCUT2D eigenvalue weighted by Gasteiger charge is 2.01. The van der Waals surface area contributed by atoms with Gasteiger partial charge in [-0.1, -0.05) is 43.0 Å². The zero-order chi connectivity index (χ0) is 13.0. The van der Waals surface area contributed by atoms with E-state index in [4.69, 9.17) is 4.74 Å². The number of ketones is 1. The van der Waals surface area contributed by atoms with Gasteiger partial charge in [-0.2, -0.15) is 0 Å². The van der Waals surface area contributed by atoms with Gasteiger partial charge in [0.25, 0.3) is 0 Å². The summed E-state index contributed by atoms with van der Waals surface area (Å²) in [5, 5.41) is 0. The maximum atomic E-state index is 11.2. The third kappa shape index (κ3) is 2.66. The Kier molecular flexibility index (Phi) is 3.58. The van der Waals surface area contributed by atoms with Crippen LogP contribution in [0.25, 0.3) is 11.1 Å². The van der Waals surface area contributed by atoms with E-state index in [-0.39, 0.29) is 5.78 Å². The Bertz CT molecular complexity index is 551. The molecule has 0 radical (unpaired) electrons. The standard InChI is InChI=1S/C16H14O2/c1-3-18-16-10-8-15(9-11-16)14-6-4-13(5-7-14)12(2)17/h3-11H,1H2,2H3. The third-order valence-corrected chi connectivity index (χ3v) is 2.70. The number of rotatable bonds is 4. The summed E-state index contributed by atoms with van der Waals surface area (Å²) in [6.45, 7) is 5.07. The summed E-state index contributed by atoms with van der Waals surface area (Å²) in [5.41, 5.74) is 2.89. The fraction of sp³-hybridized carbons (Fsp3) is 0.0625. The van der Waals surface area contributed by atoms with Crippen LogP contribution in [0.2, 0.25) is 0 Å². The van der Waals surface area contributed by atoms with Crippen LogP contribution in [0.4, 0.5) is 0 Å². The molecular formula is C16H14O2. The minimum absolute atomic E-state index is 0.0799. The average Bonchev–Trinajstić information content (AvgIpc) is 2.40. The molecule has 2 aromatic carbocycles. The normalized spacial score (nSPS) is 9.83. The summed E-state index contributed by atoms with van der Waals surface area (Å²) in [5.74, 6) is 0.838. The summed E-state index contributed by atoms with van der Waals surface area (Å²) in [6.07, 6.45) is 1.40. The van der Waals surface area contributed by atoms with Gasteiger partial charge in [-0.05, 0) is 30.2 Å². The van der Waals surface area contributed by atoms with Crippen LogP contribution in [0.5, 0.6) is 5.75 Å². The third-order valence-electron chi connectivity index (χ3n) is 2.70. The van der Waals surface area contributed by atoms with Gasteiger partial charge in [0.05, 0.1) is 6.26 Å². The molecule has 18 heavy (non-hydrogen) atoms. The Morgan fingerprint density at radius 1 is 1.00 bits per heavy atom. The van der Waals surface area contributed by atoms with Crippen LogP contribution in [0, 0.1) is 0 Å². The van der Waals surface area contributed by atoms with Crippen LogP contribution >= 0.6 is 0 Å². The molecule has 0 fully saturated rings. The Morgan fingerprint density at radius 2 is 1.50 bits per heavy atom. The number of carbonyl (C=O) groups excluding carboxylic acids is 1. The first-order chi connectivity index (χ1) is 8.70. The van der Waals surface area contributed by atoms with Crippen molar-refractivity contribution >= 4 is 5.78 Å². The first-order valence-corrected chi connectivity index (χ1v) is 5.69. The van der Waals surface area contributed by atoms with E-state index in [1.165, 1.54) is 6.26 Å². The predicted molar refractivity (Wildman–Crippen MR) is 72.7 cm³/mol. The van der Waals surface area contributed by atoms with E-state index < -0.39 is 0 Å². The van der Waals surface area contributed by atoms with Crippen molar-refractivity contribution in [1.82, 2.24) is 0 Å². The molecule has 90 valence electrons. The smallest absolute Gasteiger partial charge is 0.159 e. The summed E-state index contributed by atoms with van der Waals surface area (Å²) in [7, 11) is 0. The minimum Gasteiger partial charge on any atom is -0.466 e. The lowest BCUT2D eigenvalue weighted by atomic mass is 10.0. The van der Waals surface area contributed by atoms with Crippen LogP contribution in [-0.4, -0.2) is 5.78 Å². The zero-order valence-corrected chi connectivity index (χ0v) is 10.2. The van der Waals surface area contributed by atoms with Crippen molar-refractivity contribution in [2.75, 3.05) is 0 Å². The van der Waals surface area contributed by atoms with Gasteiger partial charge in [0.2, 0.25) is 0 Å². The van der Waals surface area contributed by atoms with E-state index in [2.05, 4.69) is 6.58 Å². The minimum atomic E-state index is 0.0799. The highest BCUT2D eigenvalue weighted by atomic mass is 16.5. The van der Waals surface area contributed by atoms with E-state index in [1.54, 1.807) is 6.92 Å². The van der Waals surface area contributed by atoms with E-state index in [1.807, 2.05) is 48.5 Å². The molecule has 0 amide bonds. The van der Waals surface area contributed by atoms with Gasteiger partial charge in [-0.15, -0.1) is 0 Å². The largest absolute Gasteiger partial charge is 0.466 e. The predicted octanol–water partition coefficient (Wildman–Crippen LogP) is 4.08. The molecule has 0 unspecified atom stereocenters. The Hall–Kier alpha value is -2.35. The van der Waals surface area contributed by atoms with Crippen LogP contribution in [0.1, 0.15) is 17.3 Å². The molecule has 0 atom stereocenters. The maximum Gasteiger partial charge on any atom is 0.159 e. The second kappa shape index (κ2) is 5.32. The second-order valence-electron chi connectivity index (χ2n) is 3.94. The molecule has 0 heterocycles. The molecule has 0 spiro atoms. The summed E-state index contributed by atoms with van der Waals surface area (Å²) in [6, 6.07) is 15.3. The van der Waals surface area contributed by atoms with Crippen molar-refractivity contribution in [1.29, 1.82) is 0 Å². The van der Waals surface area contributed by atoms with Crippen molar-refractivity contribution in [2.45, 2.75) is 6.92 Å². The first-order valence-electron chi connectivity index (χ1n) is 5.69. The van der Waals surface area contributed by atoms with Gasteiger partial charge < -0.3 is 4.74 Å². The number of hydrogen-bond acceptors (Lipinski definition) is 2. The van der Waals surface area contributed by atoms with Gasteiger partial charge in [0.1, 0.15) is 5.75 Å². The van der Waals surface area contributed by atoms with Crippen molar-refractivity contribution in [3.63, 3.8) is 0 Å². The molecule has 0 N–H and O–H groups in total. The fourth-order valence-corrected chi connectivity index (χ4v) is 1.72. The van der Waals surface area contributed by atoms with E-state index in [0.29, 0.717) is 0 Å². The summed E-state index contributed by atoms with van der Waals surface area (Å²) in [4.78, 5) is 11.2. The fourth-order valence-electron chi connectivity index (χ4n) is 1.72. The zero-order valence-electron chi connectivity index (χ0n) is 10.2. The lowest BCUT2D eigenvalue weighted by molar-refractivity contribution is 0.101. The van der Waals surface area contributed by atoms with E-state index >= 15 is 0 Å². The topological polar surface area (TPSA) is 26.3 Å². The number of carbonyl (C=O) groups is 1. The Balaban J connectivity index is 2.25. The molecule has 2 aromatic rings. The van der Waals surface area contributed by atoms with Gasteiger partial charge in [-0.3, -0.25) is 4.79 Å². The maximum absolute atomic E-state index is 11.2. The van der Waals surface area contributed by atoms with Crippen molar-refractivity contribution < 1.29 is 9.53 Å². The van der Waals surface area contributed by atoms with Crippen molar-refractivity contribution in [3.05, 3.63) is 66.9 Å². The number of Topliss-reactive ketones (excluding diaryl/α,β-unsaturated/α-hetero) is 1. The summed E-state index contributed by atoms with van der Waals surface area (Å²) < 4.78 is 5.17. The summed E-state index contributed by atoms with van der Waals surface area (Å²) >= 11 is 0. The quantitative estimate of drug-likeness (QED) is 0.592. The van der Waals surface area contributed by atoms with Crippen molar-refractivity contribution in [2.24, 2.45) is 0 Å². The van der Waals surface area contributed by atoms with Crippen molar-refractivity contribution in [3.8, 4) is 16.9 Å². The SMILES string of the molecule is C=COc1ccc(-c2ccc(C(C)=O)cc2)cc1. The molecular weight excluding hydrogens is 224 g/mol. The van der Waals surface area contributed by atoms with Crippen LogP contribution in [0.3, 0.4) is 0 Å². The molecule has 2 rings (SSSR count). The monoisotopic (exact) mass is 238 g/mol. The highest BCUT2D eigenvalue weighted by Crippen LogP contribution is 2.23. The number of hydrogen-bond donors (Lipinski definition) is 0. The van der Waals surface area contributed by atoms with Gasteiger partial charge in [-0.25, -0.2) is 0 Å². The number of ether oxygens (including phenoxy) is 1. The second-order valence-corrected chi connectivity index (χ2v) is 3.94. The molecule has 0 aromatic heterocycles. The van der Waals surface area contributed by atoms with Gasteiger partial charge in [0, 0.05) is 5.56 Å². The lowest BCUT2D eigenvalue weighted by Crippen LogP contribution is -1.90. The number of benzene rings is 2. The lowest BCUT2D eigenvalue weighted by Gasteiger charge is -2.04. The Morgan fingerprint density at radius 3 is 1.94 bits per heavy atom. The van der Waals surface area contributed by atoms with Gasteiger partial charge >= 0.3 is 0 Å². The van der Waals surface area contributed by atoms with Crippen LogP contribution in [0.15, 0.2) is 61.4 Å². The van der Waals surface area contributed by atoms with Gasteiger partial charge in [0.15, 0.2) is 5.78 Å². The molecule has 0 aliphatic rings. The molecule has 0 aliphatic heterocycles. The van der Waals surface area contributed by atoms with Crippen LogP contribution in [-0.2, 0) is 0 Å². The van der Waals surface area contributed by atoms with Crippen LogP contribution < -0.4 is 4.74 Å². The Labute approximate surface area is 107 Å². The molecule has 0 bridgehead atoms. The molecule has 2 heteroatoms. The van der Waals surface area contributed by atoms with E-state index in [0.717, 1.165) is 22.4 Å².